The van der Waals surface area contributed by atoms with Crippen LogP contribution in [0.15, 0.2) is 64.2 Å². The number of halogens is 1. The Bertz CT molecular complexity index is 913. The van der Waals surface area contributed by atoms with Gasteiger partial charge in [-0.25, -0.2) is 0 Å². The highest BCUT2D eigenvalue weighted by atomic mass is 79.9. The van der Waals surface area contributed by atoms with E-state index in [0.717, 1.165) is 21.0 Å². The minimum atomic E-state index is -0.0560. The van der Waals surface area contributed by atoms with E-state index in [1.807, 2.05) is 60.9 Å². The summed E-state index contributed by atoms with van der Waals surface area (Å²) in [4.78, 5) is 12.4. The lowest BCUT2D eigenvalue weighted by Crippen LogP contribution is -2.28. The highest BCUT2D eigenvalue weighted by Gasteiger charge is 2.14. The highest BCUT2D eigenvalue weighted by molar-refractivity contribution is 9.10. The molecule has 3 rings (SSSR count). The number of amides is 1. The molecule has 140 valence electrons. The Morgan fingerprint density at radius 3 is 2.70 bits per heavy atom. The van der Waals surface area contributed by atoms with Crippen molar-refractivity contribution in [3.8, 4) is 0 Å². The number of nitrogens with zero attached hydrogens (tertiary/aromatic N) is 3. The van der Waals surface area contributed by atoms with Gasteiger partial charge in [0.05, 0.1) is 18.3 Å². The normalized spacial score (nSPS) is 12.0. The molecule has 0 radical (unpaired) electrons. The first-order chi connectivity index (χ1) is 13.0. The molecule has 1 amide bonds. The van der Waals surface area contributed by atoms with Crippen molar-refractivity contribution < 1.29 is 4.79 Å². The van der Waals surface area contributed by atoms with Gasteiger partial charge in [0.1, 0.15) is 5.82 Å². The number of thioether (sulfide) groups is 1. The molecule has 0 aliphatic rings. The average Bonchev–Trinajstić information content (AvgIpc) is 3.00. The first-order valence-electron chi connectivity index (χ1n) is 8.64. The Hall–Kier alpha value is -2.12. The minimum absolute atomic E-state index is 0.0283. The van der Waals surface area contributed by atoms with Gasteiger partial charge in [-0.05, 0) is 37.1 Å². The summed E-state index contributed by atoms with van der Waals surface area (Å²) >= 11 is 4.86. The zero-order valence-corrected chi connectivity index (χ0v) is 17.6. The number of carbonyl (C=O) groups excluding carboxylic acids is 1. The second-order valence-electron chi connectivity index (χ2n) is 6.23. The molecule has 1 unspecified atom stereocenters. The van der Waals surface area contributed by atoms with Crippen LogP contribution in [-0.2, 0) is 11.3 Å². The Labute approximate surface area is 171 Å². The van der Waals surface area contributed by atoms with Crippen LogP contribution < -0.4 is 5.32 Å². The predicted octanol–water partition coefficient (Wildman–Crippen LogP) is 4.37. The van der Waals surface area contributed by atoms with Gasteiger partial charge < -0.3 is 9.88 Å². The van der Waals surface area contributed by atoms with E-state index in [2.05, 4.69) is 43.6 Å². The van der Waals surface area contributed by atoms with Crippen LogP contribution in [0, 0.1) is 6.92 Å². The Morgan fingerprint density at radius 2 is 1.96 bits per heavy atom. The number of hydrogen-bond donors (Lipinski definition) is 1. The van der Waals surface area contributed by atoms with E-state index in [-0.39, 0.29) is 11.9 Å². The summed E-state index contributed by atoms with van der Waals surface area (Å²) in [7, 11) is 0. The van der Waals surface area contributed by atoms with Crippen molar-refractivity contribution in [3.63, 3.8) is 0 Å². The van der Waals surface area contributed by atoms with Crippen LogP contribution in [0.3, 0.4) is 0 Å². The van der Waals surface area contributed by atoms with E-state index in [0.29, 0.717) is 12.3 Å². The second kappa shape index (κ2) is 9.19. The monoisotopic (exact) mass is 444 g/mol. The standard InChI is InChI=1S/C20H21BrN4OS/c1-14(17-9-6-10-18(21)11-17)22-19(26)13-27-20-24-23-15(2)25(20)12-16-7-4-3-5-8-16/h3-11,14H,12-13H2,1-2H3,(H,22,26). The molecule has 3 aromatic rings. The summed E-state index contributed by atoms with van der Waals surface area (Å²) in [5.41, 5.74) is 2.24. The van der Waals surface area contributed by atoms with Crippen LogP contribution in [0.2, 0.25) is 0 Å². The third-order valence-corrected chi connectivity index (χ3v) is 5.60. The van der Waals surface area contributed by atoms with Crippen LogP contribution in [0.5, 0.6) is 0 Å². The lowest BCUT2D eigenvalue weighted by Gasteiger charge is -2.14. The smallest absolute Gasteiger partial charge is 0.230 e. The average molecular weight is 445 g/mol. The van der Waals surface area contributed by atoms with Crippen molar-refractivity contribution in [1.82, 2.24) is 20.1 Å². The minimum Gasteiger partial charge on any atom is -0.349 e. The van der Waals surface area contributed by atoms with E-state index >= 15 is 0 Å². The number of carbonyl (C=O) groups is 1. The summed E-state index contributed by atoms with van der Waals surface area (Å²) in [6, 6.07) is 18.0. The molecule has 0 bridgehead atoms. The summed E-state index contributed by atoms with van der Waals surface area (Å²) < 4.78 is 3.03. The van der Waals surface area contributed by atoms with E-state index in [1.54, 1.807) is 0 Å². The maximum atomic E-state index is 12.4. The van der Waals surface area contributed by atoms with Gasteiger partial charge in [0.25, 0.3) is 0 Å². The van der Waals surface area contributed by atoms with Crippen molar-refractivity contribution in [2.24, 2.45) is 0 Å². The number of benzene rings is 2. The van der Waals surface area contributed by atoms with Crippen LogP contribution in [-0.4, -0.2) is 26.4 Å². The van der Waals surface area contributed by atoms with E-state index < -0.39 is 0 Å². The molecule has 1 heterocycles. The molecule has 0 saturated carbocycles. The molecule has 0 aliphatic heterocycles. The van der Waals surface area contributed by atoms with Crippen molar-refractivity contribution in [2.75, 3.05) is 5.75 Å². The maximum absolute atomic E-state index is 12.4. The third kappa shape index (κ3) is 5.43. The van der Waals surface area contributed by atoms with Gasteiger partial charge in [0.2, 0.25) is 5.91 Å². The molecule has 0 fully saturated rings. The fourth-order valence-corrected chi connectivity index (χ4v) is 3.90. The number of aryl methyl sites for hydroxylation is 1. The number of hydrogen-bond acceptors (Lipinski definition) is 4. The number of nitrogens with one attached hydrogen (secondary N) is 1. The SMILES string of the molecule is Cc1nnc(SCC(=O)NC(C)c2cccc(Br)c2)n1Cc1ccccc1. The van der Waals surface area contributed by atoms with E-state index in [9.17, 15) is 4.79 Å². The molecule has 1 N–H and O–H groups in total. The van der Waals surface area contributed by atoms with Gasteiger partial charge in [-0.1, -0.05) is 70.2 Å². The molecule has 5 nitrogen and oxygen atoms in total. The first kappa shape index (κ1) is 19.6. The fraction of sp³-hybridized carbons (Fsp3) is 0.250. The van der Waals surface area contributed by atoms with Gasteiger partial charge in [0, 0.05) is 4.47 Å². The first-order valence-corrected chi connectivity index (χ1v) is 10.4. The summed E-state index contributed by atoms with van der Waals surface area (Å²) in [6.45, 7) is 4.60. The molecule has 7 heteroatoms. The molecule has 2 aromatic carbocycles. The zero-order chi connectivity index (χ0) is 19.2. The molecular weight excluding hydrogens is 424 g/mol. The van der Waals surface area contributed by atoms with Crippen molar-refractivity contribution in [3.05, 3.63) is 76.0 Å². The summed E-state index contributed by atoms with van der Waals surface area (Å²) in [5.74, 6) is 1.11. The summed E-state index contributed by atoms with van der Waals surface area (Å²) in [5, 5.41) is 12.2. The number of rotatable bonds is 7. The second-order valence-corrected chi connectivity index (χ2v) is 8.09. The molecule has 0 aliphatic carbocycles. The topological polar surface area (TPSA) is 59.8 Å². The van der Waals surface area contributed by atoms with Crippen LogP contribution >= 0.6 is 27.7 Å². The lowest BCUT2D eigenvalue weighted by molar-refractivity contribution is -0.119. The largest absolute Gasteiger partial charge is 0.349 e. The molecule has 1 atom stereocenters. The summed E-state index contributed by atoms with van der Waals surface area (Å²) in [6.07, 6.45) is 0. The molecule has 0 spiro atoms. The van der Waals surface area contributed by atoms with Crippen molar-refractivity contribution in [1.29, 1.82) is 0 Å². The Balaban J connectivity index is 1.59. The molecular formula is C20H21BrN4OS. The van der Waals surface area contributed by atoms with Gasteiger partial charge in [-0.3, -0.25) is 4.79 Å². The maximum Gasteiger partial charge on any atom is 0.230 e. The van der Waals surface area contributed by atoms with Crippen LogP contribution in [0.25, 0.3) is 0 Å². The van der Waals surface area contributed by atoms with Crippen LogP contribution in [0.1, 0.15) is 29.9 Å². The van der Waals surface area contributed by atoms with Crippen molar-refractivity contribution in [2.45, 2.75) is 31.6 Å². The Kier molecular flexibility index (Phi) is 6.68. The fourth-order valence-electron chi connectivity index (χ4n) is 2.69. The van der Waals surface area contributed by atoms with Crippen molar-refractivity contribution >= 4 is 33.6 Å². The Morgan fingerprint density at radius 1 is 1.19 bits per heavy atom. The molecule has 27 heavy (non-hydrogen) atoms. The molecule has 1 aromatic heterocycles. The van der Waals surface area contributed by atoms with E-state index in [4.69, 9.17) is 0 Å². The van der Waals surface area contributed by atoms with Gasteiger partial charge >= 0.3 is 0 Å². The van der Waals surface area contributed by atoms with Gasteiger partial charge in [0.15, 0.2) is 5.16 Å². The van der Waals surface area contributed by atoms with Gasteiger partial charge in [-0.2, -0.15) is 0 Å². The quantitative estimate of drug-likeness (QED) is 0.549. The molecule has 0 saturated heterocycles. The number of aromatic nitrogens is 3. The third-order valence-electron chi connectivity index (χ3n) is 4.14. The van der Waals surface area contributed by atoms with Gasteiger partial charge in [-0.15, -0.1) is 10.2 Å². The highest BCUT2D eigenvalue weighted by Crippen LogP contribution is 2.20. The zero-order valence-electron chi connectivity index (χ0n) is 15.2. The predicted molar refractivity (Wildman–Crippen MR) is 112 cm³/mol. The van der Waals surface area contributed by atoms with E-state index in [1.165, 1.54) is 17.3 Å². The lowest BCUT2D eigenvalue weighted by atomic mass is 10.1. The van der Waals surface area contributed by atoms with Crippen LogP contribution in [0.4, 0.5) is 0 Å².